The number of ether oxygens (including phenoxy) is 1. The summed E-state index contributed by atoms with van der Waals surface area (Å²) < 4.78 is 6.00. The topological polar surface area (TPSA) is 76.8 Å². The maximum absolute atomic E-state index is 13.2. The smallest absolute Gasteiger partial charge is 0.229 e. The third kappa shape index (κ3) is 4.17. The van der Waals surface area contributed by atoms with Crippen LogP contribution < -0.4 is 9.64 Å². The van der Waals surface area contributed by atoms with Crippen LogP contribution in [0.3, 0.4) is 0 Å². The number of aromatic hydroxyl groups is 1. The fraction of sp³-hybridized carbons (Fsp3) is 0.304. The first-order chi connectivity index (χ1) is 15.3. The van der Waals surface area contributed by atoms with E-state index in [0.717, 1.165) is 16.8 Å². The molecule has 1 amide bonds. The highest BCUT2D eigenvalue weighted by atomic mass is 79.9. The van der Waals surface area contributed by atoms with E-state index < -0.39 is 5.92 Å². The molecular weight excluding hydrogens is 514 g/mol. The van der Waals surface area contributed by atoms with Crippen molar-refractivity contribution in [3.63, 3.8) is 0 Å². The molecule has 1 saturated heterocycles. The first kappa shape index (κ1) is 22.8. The average molecular weight is 535 g/mol. The maximum atomic E-state index is 13.2. The Morgan fingerprint density at radius 1 is 1.38 bits per heavy atom. The van der Waals surface area contributed by atoms with Crippen LogP contribution in [-0.2, 0) is 4.79 Å². The minimum atomic E-state index is -0.400. The molecule has 1 N–H and O–H groups in total. The summed E-state index contributed by atoms with van der Waals surface area (Å²) in [6.07, 6.45) is 0.165. The molecule has 1 unspecified atom stereocenters. The zero-order valence-electron chi connectivity index (χ0n) is 17.6. The summed E-state index contributed by atoms with van der Waals surface area (Å²) in [7, 11) is 0. The van der Waals surface area contributed by atoms with E-state index in [0.29, 0.717) is 45.0 Å². The second-order valence-electron chi connectivity index (χ2n) is 7.58. The van der Waals surface area contributed by atoms with E-state index in [-0.39, 0.29) is 18.1 Å². The Kier molecular flexibility index (Phi) is 6.61. The number of amides is 1. The standard InChI is InChI=1S/C23H21BrClN3O3S/c1-3-31-20-7-14(6-18(24)22(20)30)16-9-21(29)28-11-27(12-32-23(28)17(16)10-26)15-5-4-13(2)19(25)8-15/h4-8,16,30H,3,9,11-12H2,1-2H3. The van der Waals surface area contributed by atoms with Crippen LogP contribution >= 0.6 is 39.3 Å². The second-order valence-corrected chi connectivity index (χ2v) is 9.77. The van der Waals surface area contributed by atoms with Crippen molar-refractivity contribution in [3.05, 3.63) is 61.6 Å². The highest BCUT2D eigenvalue weighted by molar-refractivity contribution is 9.10. The fourth-order valence-corrected chi connectivity index (χ4v) is 5.65. The molecule has 166 valence electrons. The predicted molar refractivity (Wildman–Crippen MR) is 130 cm³/mol. The van der Waals surface area contributed by atoms with Gasteiger partial charge in [0.1, 0.15) is 0 Å². The normalized spacial score (nSPS) is 18.5. The zero-order chi connectivity index (χ0) is 23.0. The Hall–Kier alpha value is -2.34. The minimum absolute atomic E-state index is 0.00460. The molecule has 2 heterocycles. The summed E-state index contributed by atoms with van der Waals surface area (Å²) in [5.41, 5.74) is 3.24. The molecular formula is C23H21BrClN3O3S. The molecule has 6 nitrogen and oxygen atoms in total. The SMILES string of the molecule is CCOc1cc(C2CC(=O)N3CN(c4ccc(C)c(Cl)c4)CSC3=C2C#N)cc(Br)c1O. The van der Waals surface area contributed by atoms with E-state index in [2.05, 4.69) is 26.9 Å². The number of allylic oxidation sites excluding steroid dienone is 1. The molecule has 1 atom stereocenters. The van der Waals surface area contributed by atoms with Crippen molar-refractivity contribution in [2.45, 2.75) is 26.2 Å². The van der Waals surface area contributed by atoms with Gasteiger partial charge in [-0.3, -0.25) is 9.69 Å². The maximum Gasteiger partial charge on any atom is 0.229 e. The van der Waals surface area contributed by atoms with Gasteiger partial charge in [-0.25, -0.2) is 0 Å². The number of aryl methyl sites for hydroxylation is 1. The second kappa shape index (κ2) is 9.26. The summed E-state index contributed by atoms with van der Waals surface area (Å²) in [5, 5.41) is 21.6. The number of phenolic OH excluding ortho intramolecular Hbond substituents is 1. The van der Waals surface area contributed by atoms with Crippen LogP contribution in [0.1, 0.15) is 30.4 Å². The number of carbonyl (C=O) groups excluding carboxylic acids is 1. The average Bonchev–Trinajstić information content (AvgIpc) is 2.78. The number of nitriles is 1. The van der Waals surface area contributed by atoms with Crippen LogP contribution in [0.2, 0.25) is 5.02 Å². The van der Waals surface area contributed by atoms with E-state index in [9.17, 15) is 15.2 Å². The van der Waals surface area contributed by atoms with Crippen molar-refractivity contribution < 1.29 is 14.6 Å². The van der Waals surface area contributed by atoms with Gasteiger partial charge in [-0.05, 0) is 65.2 Å². The third-order valence-corrected chi connectivity index (χ3v) is 7.73. The van der Waals surface area contributed by atoms with Crippen LogP contribution in [0, 0.1) is 18.3 Å². The lowest BCUT2D eigenvalue weighted by atomic mass is 9.86. The number of halogens is 2. The first-order valence-corrected chi connectivity index (χ1v) is 12.2. The van der Waals surface area contributed by atoms with Crippen molar-refractivity contribution in [3.8, 4) is 17.6 Å². The van der Waals surface area contributed by atoms with Crippen molar-refractivity contribution in [2.75, 3.05) is 24.1 Å². The highest BCUT2D eigenvalue weighted by Crippen LogP contribution is 2.46. The summed E-state index contributed by atoms with van der Waals surface area (Å²) in [6.45, 7) is 4.53. The van der Waals surface area contributed by atoms with Crippen molar-refractivity contribution >= 4 is 50.9 Å². The Balaban J connectivity index is 1.68. The largest absolute Gasteiger partial charge is 0.503 e. The zero-order valence-corrected chi connectivity index (χ0v) is 20.7. The van der Waals surface area contributed by atoms with Gasteiger partial charge in [-0.2, -0.15) is 5.26 Å². The van der Waals surface area contributed by atoms with Crippen LogP contribution in [0.5, 0.6) is 11.5 Å². The Labute approximate surface area is 204 Å². The van der Waals surface area contributed by atoms with Gasteiger partial charge < -0.3 is 14.7 Å². The van der Waals surface area contributed by atoms with Crippen LogP contribution in [0.15, 0.2) is 45.4 Å². The van der Waals surface area contributed by atoms with Gasteiger partial charge in [-0.1, -0.05) is 29.4 Å². The van der Waals surface area contributed by atoms with E-state index in [4.69, 9.17) is 16.3 Å². The first-order valence-electron chi connectivity index (χ1n) is 10.1. The molecule has 0 saturated carbocycles. The van der Waals surface area contributed by atoms with E-state index in [1.165, 1.54) is 11.8 Å². The molecule has 0 aromatic heterocycles. The number of carbonyl (C=O) groups is 1. The molecule has 0 aliphatic carbocycles. The van der Waals surface area contributed by atoms with E-state index in [1.54, 1.807) is 17.0 Å². The highest BCUT2D eigenvalue weighted by Gasteiger charge is 2.39. The lowest BCUT2D eigenvalue weighted by molar-refractivity contribution is -0.129. The Bertz CT molecular complexity index is 1160. The van der Waals surface area contributed by atoms with Crippen LogP contribution in [0.4, 0.5) is 5.69 Å². The molecule has 2 aliphatic rings. The molecule has 2 aromatic carbocycles. The summed E-state index contributed by atoms with van der Waals surface area (Å²) in [5.74, 6) is 0.474. The number of nitrogens with zero attached hydrogens (tertiary/aromatic N) is 3. The molecule has 9 heteroatoms. The predicted octanol–water partition coefficient (Wildman–Crippen LogP) is 5.73. The van der Waals surface area contributed by atoms with Crippen molar-refractivity contribution in [1.82, 2.24) is 4.90 Å². The van der Waals surface area contributed by atoms with Crippen molar-refractivity contribution in [1.29, 1.82) is 5.26 Å². The van der Waals surface area contributed by atoms with Gasteiger partial charge in [0, 0.05) is 23.0 Å². The summed E-state index contributed by atoms with van der Waals surface area (Å²) in [4.78, 5) is 16.9. The quantitative estimate of drug-likeness (QED) is 0.539. The van der Waals surface area contributed by atoms with Gasteiger partial charge in [0.15, 0.2) is 11.5 Å². The molecule has 32 heavy (non-hydrogen) atoms. The fourth-order valence-electron chi connectivity index (χ4n) is 3.85. The Morgan fingerprint density at radius 2 is 2.16 bits per heavy atom. The van der Waals surface area contributed by atoms with Gasteiger partial charge in [0.2, 0.25) is 5.91 Å². The van der Waals surface area contributed by atoms with Gasteiger partial charge >= 0.3 is 0 Å². The van der Waals surface area contributed by atoms with Gasteiger partial charge in [0.25, 0.3) is 0 Å². The monoisotopic (exact) mass is 533 g/mol. The minimum Gasteiger partial charge on any atom is -0.503 e. The molecule has 0 spiro atoms. The molecule has 0 radical (unpaired) electrons. The summed E-state index contributed by atoms with van der Waals surface area (Å²) >= 11 is 11.1. The van der Waals surface area contributed by atoms with E-state index in [1.807, 2.05) is 32.0 Å². The Morgan fingerprint density at radius 3 is 2.84 bits per heavy atom. The number of thioether (sulfide) groups is 1. The van der Waals surface area contributed by atoms with Crippen molar-refractivity contribution in [2.24, 2.45) is 0 Å². The van der Waals surface area contributed by atoms with E-state index >= 15 is 0 Å². The molecule has 1 fully saturated rings. The number of benzene rings is 2. The molecule has 2 aromatic rings. The number of hydrogen-bond donors (Lipinski definition) is 1. The number of anilines is 1. The lowest BCUT2D eigenvalue weighted by Gasteiger charge is -2.42. The number of rotatable bonds is 4. The molecule has 2 aliphatic heterocycles. The lowest BCUT2D eigenvalue weighted by Crippen LogP contribution is -2.47. The number of fused-ring (bicyclic) bond motifs is 1. The number of phenols is 1. The molecule has 4 rings (SSSR count). The number of hydrogen-bond acceptors (Lipinski definition) is 6. The van der Waals surface area contributed by atoms with Crippen LogP contribution in [-0.4, -0.2) is 35.1 Å². The van der Waals surface area contributed by atoms with Crippen LogP contribution in [0.25, 0.3) is 0 Å². The van der Waals surface area contributed by atoms with Gasteiger partial charge in [-0.15, -0.1) is 0 Å². The van der Waals surface area contributed by atoms with Gasteiger partial charge in [0.05, 0.1) is 40.3 Å². The summed E-state index contributed by atoms with van der Waals surface area (Å²) in [6, 6.07) is 11.6. The third-order valence-electron chi connectivity index (χ3n) is 5.57. The molecule has 0 bridgehead atoms.